The van der Waals surface area contributed by atoms with Crippen molar-refractivity contribution in [2.45, 2.75) is 27.7 Å². The zero-order valence-corrected chi connectivity index (χ0v) is 17.1. The summed E-state index contributed by atoms with van der Waals surface area (Å²) in [6.45, 7) is 14.7. The highest BCUT2D eigenvalue weighted by Crippen LogP contribution is 2.20. The molecule has 146 valence electrons. The molecule has 1 amide bonds. The molecule has 26 heavy (non-hydrogen) atoms. The fourth-order valence-corrected chi connectivity index (χ4v) is 3.53. The van der Waals surface area contributed by atoms with Gasteiger partial charge in [-0.15, -0.1) is 0 Å². The number of hydrogen-bond donors (Lipinski definition) is 0. The third kappa shape index (κ3) is 6.20. The Balaban J connectivity index is 1.86. The molecule has 1 heterocycles. The SMILES string of the molecule is COc1ccc(N2CCN(C(=O)CN(CC(C)C)CC(C)C)CC2)cc1. The van der Waals surface area contributed by atoms with E-state index >= 15 is 0 Å². The van der Waals surface area contributed by atoms with Crippen LogP contribution in [0.25, 0.3) is 0 Å². The van der Waals surface area contributed by atoms with E-state index in [0.717, 1.165) is 45.0 Å². The number of ether oxygens (including phenoxy) is 1. The fourth-order valence-electron chi connectivity index (χ4n) is 3.53. The number of carbonyl (C=O) groups is 1. The van der Waals surface area contributed by atoms with E-state index in [1.807, 2.05) is 17.0 Å². The van der Waals surface area contributed by atoms with Crippen LogP contribution in [0.15, 0.2) is 24.3 Å². The maximum atomic E-state index is 12.7. The van der Waals surface area contributed by atoms with E-state index in [-0.39, 0.29) is 5.91 Å². The number of piperazine rings is 1. The molecule has 0 radical (unpaired) electrons. The third-order valence-electron chi connectivity index (χ3n) is 4.68. The molecular formula is C21H35N3O2. The molecule has 1 aliphatic rings. The van der Waals surface area contributed by atoms with Gasteiger partial charge in [-0.1, -0.05) is 27.7 Å². The summed E-state index contributed by atoms with van der Waals surface area (Å²) >= 11 is 0. The van der Waals surface area contributed by atoms with E-state index in [9.17, 15) is 4.79 Å². The van der Waals surface area contributed by atoms with E-state index in [0.29, 0.717) is 18.4 Å². The molecule has 1 saturated heterocycles. The predicted molar refractivity (Wildman–Crippen MR) is 108 cm³/mol. The topological polar surface area (TPSA) is 36.0 Å². The molecule has 1 aromatic carbocycles. The highest BCUT2D eigenvalue weighted by Gasteiger charge is 2.23. The molecule has 1 aromatic rings. The number of hydrogen-bond acceptors (Lipinski definition) is 4. The second-order valence-electron chi connectivity index (χ2n) is 8.05. The molecule has 1 aliphatic heterocycles. The minimum Gasteiger partial charge on any atom is -0.497 e. The van der Waals surface area contributed by atoms with E-state index in [4.69, 9.17) is 4.74 Å². The van der Waals surface area contributed by atoms with Crippen molar-refractivity contribution in [1.82, 2.24) is 9.80 Å². The highest BCUT2D eigenvalue weighted by atomic mass is 16.5. The minimum atomic E-state index is 0.265. The highest BCUT2D eigenvalue weighted by molar-refractivity contribution is 5.78. The van der Waals surface area contributed by atoms with Gasteiger partial charge in [0.2, 0.25) is 5.91 Å². The number of carbonyl (C=O) groups excluding carboxylic acids is 1. The van der Waals surface area contributed by atoms with Crippen molar-refractivity contribution in [2.24, 2.45) is 11.8 Å². The van der Waals surface area contributed by atoms with Gasteiger partial charge in [0.1, 0.15) is 5.75 Å². The lowest BCUT2D eigenvalue weighted by Gasteiger charge is -2.37. The van der Waals surface area contributed by atoms with Gasteiger partial charge in [-0.05, 0) is 36.1 Å². The van der Waals surface area contributed by atoms with Crippen LogP contribution in [-0.4, -0.2) is 68.6 Å². The Morgan fingerprint density at radius 3 is 2.00 bits per heavy atom. The van der Waals surface area contributed by atoms with Gasteiger partial charge in [-0.3, -0.25) is 9.69 Å². The number of nitrogens with zero attached hydrogens (tertiary/aromatic N) is 3. The average molecular weight is 362 g/mol. The number of benzene rings is 1. The summed E-state index contributed by atoms with van der Waals surface area (Å²) in [7, 11) is 1.68. The average Bonchev–Trinajstić information content (AvgIpc) is 2.60. The van der Waals surface area contributed by atoms with Crippen LogP contribution in [0.1, 0.15) is 27.7 Å². The van der Waals surface area contributed by atoms with Gasteiger partial charge >= 0.3 is 0 Å². The fraction of sp³-hybridized carbons (Fsp3) is 0.667. The van der Waals surface area contributed by atoms with Crippen LogP contribution in [-0.2, 0) is 4.79 Å². The zero-order valence-electron chi connectivity index (χ0n) is 17.1. The summed E-state index contributed by atoms with van der Waals surface area (Å²) in [5.41, 5.74) is 1.19. The van der Waals surface area contributed by atoms with Gasteiger partial charge in [0, 0.05) is 45.0 Å². The summed E-state index contributed by atoms with van der Waals surface area (Å²) in [6.07, 6.45) is 0. The molecule has 0 bridgehead atoms. The second-order valence-corrected chi connectivity index (χ2v) is 8.05. The second kappa shape index (κ2) is 9.81. The molecule has 1 fully saturated rings. The summed E-state index contributed by atoms with van der Waals surface area (Å²) in [5, 5.41) is 0. The first-order valence-corrected chi connectivity index (χ1v) is 9.78. The van der Waals surface area contributed by atoms with Crippen LogP contribution in [0.5, 0.6) is 5.75 Å². The summed E-state index contributed by atoms with van der Waals surface area (Å²) in [4.78, 5) is 19.4. The smallest absolute Gasteiger partial charge is 0.236 e. The third-order valence-corrected chi connectivity index (χ3v) is 4.68. The number of rotatable bonds is 8. The molecule has 2 rings (SSSR count). The molecule has 5 heteroatoms. The van der Waals surface area contributed by atoms with E-state index < -0.39 is 0 Å². The number of amides is 1. The quantitative estimate of drug-likeness (QED) is 0.713. The maximum absolute atomic E-state index is 12.7. The Hall–Kier alpha value is -1.75. The standard InChI is InChI=1S/C21H35N3O2/c1-17(2)14-22(15-18(3)4)16-21(25)24-12-10-23(11-13-24)19-6-8-20(26-5)9-7-19/h6-9,17-18H,10-16H2,1-5H3. The maximum Gasteiger partial charge on any atom is 0.236 e. The van der Waals surface area contributed by atoms with Crippen molar-refractivity contribution in [3.05, 3.63) is 24.3 Å². The van der Waals surface area contributed by atoms with Crippen molar-refractivity contribution < 1.29 is 9.53 Å². The first-order chi connectivity index (χ1) is 12.4. The van der Waals surface area contributed by atoms with Gasteiger partial charge in [0.25, 0.3) is 0 Å². The lowest BCUT2D eigenvalue weighted by atomic mass is 10.1. The zero-order chi connectivity index (χ0) is 19.1. The largest absolute Gasteiger partial charge is 0.497 e. The lowest BCUT2D eigenvalue weighted by molar-refractivity contribution is -0.133. The van der Waals surface area contributed by atoms with Crippen LogP contribution < -0.4 is 9.64 Å². The molecule has 0 saturated carbocycles. The number of methoxy groups -OCH3 is 1. The Morgan fingerprint density at radius 2 is 1.54 bits per heavy atom. The molecule has 0 aliphatic carbocycles. The molecule has 5 nitrogen and oxygen atoms in total. The first kappa shape index (κ1) is 20.6. The molecule has 0 unspecified atom stereocenters. The predicted octanol–water partition coefficient (Wildman–Crippen LogP) is 2.96. The van der Waals surface area contributed by atoms with Crippen LogP contribution in [0.3, 0.4) is 0 Å². The lowest BCUT2D eigenvalue weighted by Crippen LogP contribution is -2.51. The van der Waals surface area contributed by atoms with Gasteiger partial charge < -0.3 is 14.5 Å². The van der Waals surface area contributed by atoms with E-state index in [1.165, 1.54) is 5.69 Å². The van der Waals surface area contributed by atoms with Crippen LogP contribution in [0, 0.1) is 11.8 Å². The molecule has 0 N–H and O–H groups in total. The van der Waals surface area contributed by atoms with Crippen LogP contribution >= 0.6 is 0 Å². The first-order valence-electron chi connectivity index (χ1n) is 9.78. The van der Waals surface area contributed by atoms with Crippen molar-refractivity contribution in [2.75, 3.05) is 57.8 Å². The van der Waals surface area contributed by atoms with Gasteiger partial charge in [0.15, 0.2) is 0 Å². The molecular weight excluding hydrogens is 326 g/mol. The molecule has 0 spiro atoms. The summed E-state index contributed by atoms with van der Waals surface area (Å²) < 4.78 is 5.22. The minimum absolute atomic E-state index is 0.265. The van der Waals surface area contributed by atoms with Crippen molar-refractivity contribution in [3.63, 3.8) is 0 Å². The Kier molecular flexibility index (Phi) is 7.76. The Labute approximate surface area is 158 Å². The van der Waals surface area contributed by atoms with Crippen LogP contribution in [0.2, 0.25) is 0 Å². The Morgan fingerprint density at radius 1 is 1.00 bits per heavy atom. The van der Waals surface area contributed by atoms with Gasteiger partial charge in [0.05, 0.1) is 13.7 Å². The Bertz CT molecular complexity index is 539. The van der Waals surface area contributed by atoms with E-state index in [1.54, 1.807) is 7.11 Å². The van der Waals surface area contributed by atoms with Crippen molar-refractivity contribution in [1.29, 1.82) is 0 Å². The van der Waals surface area contributed by atoms with Gasteiger partial charge in [-0.25, -0.2) is 0 Å². The number of anilines is 1. The monoisotopic (exact) mass is 361 g/mol. The van der Waals surface area contributed by atoms with Crippen molar-refractivity contribution in [3.8, 4) is 5.75 Å². The summed E-state index contributed by atoms with van der Waals surface area (Å²) in [5.74, 6) is 2.29. The van der Waals surface area contributed by atoms with Gasteiger partial charge in [-0.2, -0.15) is 0 Å². The van der Waals surface area contributed by atoms with E-state index in [2.05, 4.69) is 49.6 Å². The normalized spacial score (nSPS) is 15.2. The molecule has 0 aromatic heterocycles. The van der Waals surface area contributed by atoms with Crippen LogP contribution in [0.4, 0.5) is 5.69 Å². The van der Waals surface area contributed by atoms with Crippen molar-refractivity contribution >= 4 is 11.6 Å². The summed E-state index contributed by atoms with van der Waals surface area (Å²) in [6, 6.07) is 8.15. The molecule has 0 atom stereocenters.